The molecule has 0 unspecified atom stereocenters. The van der Waals surface area contributed by atoms with Gasteiger partial charge in [-0.3, -0.25) is 0 Å². The summed E-state index contributed by atoms with van der Waals surface area (Å²) < 4.78 is 29.3. The standard InChI is InChI=1S/C20H14FIO6/c1-26-20(25)15(9-12-4-7-16-18(17(12)22)28-10-27-16)14(19(23)24)8-11-2-5-13(21)6-3-11/h2-9H,10H2,1H3,(H,23,24)/b14-8+,15-9+. The van der Waals surface area contributed by atoms with E-state index < -0.39 is 17.8 Å². The summed E-state index contributed by atoms with van der Waals surface area (Å²) in [7, 11) is 1.16. The fourth-order valence-electron chi connectivity index (χ4n) is 2.56. The third kappa shape index (κ3) is 4.16. The largest absolute Gasteiger partial charge is 0.478 e. The second-order valence-corrected chi connectivity index (χ2v) is 6.75. The van der Waals surface area contributed by atoms with Gasteiger partial charge in [-0.1, -0.05) is 12.1 Å². The first-order valence-electron chi connectivity index (χ1n) is 7.99. The first kappa shape index (κ1) is 19.9. The Bertz CT molecular complexity index is 995. The molecule has 0 saturated heterocycles. The molecule has 8 heteroatoms. The topological polar surface area (TPSA) is 82.1 Å². The van der Waals surface area contributed by atoms with Crippen LogP contribution in [-0.2, 0) is 14.3 Å². The molecule has 2 aromatic carbocycles. The number of rotatable bonds is 5. The van der Waals surface area contributed by atoms with Crippen molar-refractivity contribution in [2.24, 2.45) is 0 Å². The number of ether oxygens (including phenoxy) is 3. The molecule has 0 aromatic heterocycles. The third-order valence-electron chi connectivity index (χ3n) is 3.92. The predicted octanol–water partition coefficient (Wildman–Crippen LogP) is 3.88. The molecule has 0 fully saturated rings. The number of carboxylic acids is 1. The van der Waals surface area contributed by atoms with Crippen molar-refractivity contribution in [1.82, 2.24) is 0 Å². The second-order valence-electron chi connectivity index (χ2n) is 5.67. The van der Waals surface area contributed by atoms with E-state index in [1.54, 1.807) is 12.1 Å². The number of hydrogen-bond acceptors (Lipinski definition) is 5. The van der Waals surface area contributed by atoms with E-state index in [0.29, 0.717) is 26.2 Å². The Hall–Kier alpha value is -2.88. The number of benzene rings is 2. The molecule has 0 bridgehead atoms. The van der Waals surface area contributed by atoms with Crippen LogP contribution >= 0.6 is 22.6 Å². The molecule has 3 rings (SSSR count). The Morgan fingerprint density at radius 3 is 2.46 bits per heavy atom. The number of carboxylic acid groups (broad SMARTS) is 1. The number of methoxy groups -OCH3 is 1. The molecule has 0 spiro atoms. The second kappa shape index (κ2) is 8.42. The van der Waals surface area contributed by atoms with E-state index >= 15 is 0 Å². The van der Waals surface area contributed by atoms with Gasteiger partial charge in [-0.25, -0.2) is 14.0 Å². The van der Waals surface area contributed by atoms with Crippen LogP contribution in [0.5, 0.6) is 11.5 Å². The highest BCUT2D eigenvalue weighted by Gasteiger charge is 2.24. The predicted molar refractivity (Wildman–Crippen MR) is 107 cm³/mol. The quantitative estimate of drug-likeness (QED) is 0.293. The molecule has 0 radical (unpaired) electrons. The highest BCUT2D eigenvalue weighted by atomic mass is 127. The van der Waals surface area contributed by atoms with Gasteiger partial charge in [-0.05, 0) is 70.1 Å². The number of aliphatic carboxylic acids is 1. The molecule has 0 amide bonds. The van der Waals surface area contributed by atoms with Crippen LogP contribution < -0.4 is 9.47 Å². The number of esters is 1. The maximum absolute atomic E-state index is 13.1. The molecule has 144 valence electrons. The molecule has 2 aromatic rings. The summed E-state index contributed by atoms with van der Waals surface area (Å²) in [5.74, 6) is -1.49. The van der Waals surface area contributed by atoms with Gasteiger partial charge in [0.1, 0.15) is 5.82 Å². The zero-order chi connectivity index (χ0) is 20.3. The Balaban J connectivity index is 2.13. The summed E-state index contributed by atoms with van der Waals surface area (Å²) in [6.07, 6.45) is 2.70. The monoisotopic (exact) mass is 496 g/mol. The fourth-order valence-corrected chi connectivity index (χ4v) is 3.31. The molecule has 1 N–H and O–H groups in total. The van der Waals surface area contributed by atoms with Crippen LogP contribution in [0.2, 0.25) is 0 Å². The van der Waals surface area contributed by atoms with E-state index in [2.05, 4.69) is 0 Å². The average Bonchev–Trinajstić information content (AvgIpc) is 3.16. The summed E-state index contributed by atoms with van der Waals surface area (Å²) in [5, 5.41) is 9.67. The van der Waals surface area contributed by atoms with Gasteiger partial charge in [0.2, 0.25) is 6.79 Å². The first-order chi connectivity index (χ1) is 13.4. The number of carbonyl (C=O) groups excluding carboxylic acids is 1. The van der Waals surface area contributed by atoms with E-state index in [4.69, 9.17) is 14.2 Å². The summed E-state index contributed by atoms with van der Waals surface area (Å²) in [6, 6.07) is 8.60. The number of halogens is 2. The molecule has 1 aliphatic rings. The molecule has 0 aliphatic carbocycles. The molecule has 0 atom stereocenters. The minimum atomic E-state index is -1.32. The van der Waals surface area contributed by atoms with Crippen LogP contribution in [0.3, 0.4) is 0 Å². The van der Waals surface area contributed by atoms with Gasteiger partial charge in [0.25, 0.3) is 0 Å². The lowest BCUT2D eigenvalue weighted by Gasteiger charge is -2.09. The third-order valence-corrected chi connectivity index (χ3v) is 5.03. The van der Waals surface area contributed by atoms with Crippen molar-refractivity contribution in [2.75, 3.05) is 13.9 Å². The molecule has 28 heavy (non-hydrogen) atoms. The molecule has 1 heterocycles. The van der Waals surface area contributed by atoms with Crippen molar-refractivity contribution in [3.8, 4) is 11.5 Å². The van der Waals surface area contributed by atoms with Crippen LogP contribution in [-0.4, -0.2) is 30.9 Å². The van der Waals surface area contributed by atoms with Gasteiger partial charge in [0.15, 0.2) is 11.5 Å². The highest BCUT2D eigenvalue weighted by Crippen LogP contribution is 2.39. The van der Waals surface area contributed by atoms with E-state index in [0.717, 1.165) is 7.11 Å². The van der Waals surface area contributed by atoms with Crippen molar-refractivity contribution in [3.05, 3.63) is 68.1 Å². The SMILES string of the molecule is COC(=O)C(=C/c1ccc2c(c1I)OCO2)/C(=C\c1ccc(F)cc1)C(=O)O. The Morgan fingerprint density at radius 1 is 1.11 bits per heavy atom. The maximum Gasteiger partial charge on any atom is 0.338 e. The zero-order valence-corrected chi connectivity index (χ0v) is 16.7. The van der Waals surface area contributed by atoms with Gasteiger partial charge in [0, 0.05) is 0 Å². The van der Waals surface area contributed by atoms with E-state index in [1.807, 2.05) is 22.6 Å². The molecule has 6 nitrogen and oxygen atoms in total. The lowest BCUT2D eigenvalue weighted by Crippen LogP contribution is -2.13. The molecular formula is C20H14FIO6. The normalized spacial score (nSPS) is 13.4. The van der Waals surface area contributed by atoms with Gasteiger partial charge in [0.05, 0.1) is 21.8 Å². The Morgan fingerprint density at radius 2 is 1.82 bits per heavy atom. The lowest BCUT2D eigenvalue weighted by molar-refractivity contribution is -0.138. The van der Waals surface area contributed by atoms with Gasteiger partial charge < -0.3 is 19.3 Å². The van der Waals surface area contributed by atoms with Crippen LogP contribution in [0, 0.1) is 9.39 Å². The van der Waals surface area contributed by atoms with Crippen molar-refractivity contribution in [3.63, 3.8) is 0 Å². The van der Waals surface area contributed by atoms with Crippen LogP contribution in [0.15, 0.2) is 47.5 Å². The minimum Gasteiger partial charge on any atom is -0.478 e. The van der Waals surface area contributed by atoms with E-state index in [-0.39, 0.29) is 17.9 Å². The highest BCUT2D eigenvalue weighted by molar-refractivity contribution is 14.1. The van der Waals surface area contributed by atoms with Crippen molar-refractivity contribution < 1.29 is 33.3 Å². The number of carbonyl (C=O) groups is 2. The van der Waals surface area contributed by atoms with Gasteiger partial charge >= 0.3 is 11.9 Å². The van der Waals surface area contributed by atoms with Crippen LogP contribution in [0.25, 0.3) is 12.2 Å². The molecular weight excluding hydrogens is 482 g/mol. The van der Waals surface area contributed by atoms with Crippen LogP contribution in [0.1, 0.15) is 11.1 Å². The maximum atomic E-state index is 13.1. The zero-order valence-electron chi connectivity index (χ0n) is 14.6. The molecule has 0 saturated carbocycles. The fraction of sp³-hybridized carbons (Fsp3) is 0.100. The van der Waals surface area contributed by atoms with Gasteiger partial charge in [-0.2, -0.15) is 0 Å². The average molecular weight is 496 g/mol. The Kier molecular flexibility index (Phi) is 5.98. The first-order valence-corrected chi connectivity index (χ1v) is 9.07. The lowest BCUT2D eigenvalue weighted by atomic mass is 10.00. The van der Waals surface area contributed by atoms with Crippen molar-refractivity contribution >= 4 is 46.7 Å². The number of hydrogen-bond donors (Lipinski definition) is 1. The van der Waals surface area contributed by atoms with Crippen molar-refractivity contribution in [1.29, 1.82) is 0 Å². The summed E-state index contributed by atoms with van der Waals surface area (Å²) in [5.41, 5.74) is 0.550. The summed E-state index contributed by atoms with van der Waals surface area (Å²) >= 11 is 2.03. The minimum absolute atomic E-state index is 0.0905. The summed E-state index contributed by atoms with van der Waals surface area (Å²) in [6.45, 7) is 0.0905. The molecule has 1 aliphatic heterocycles. The number of fused-ring (bicyclic) bond motifs is 1. The van der Waals surface area contributed by atoms with Gasteiger partial charge in [-0.15, -0.1) is 0 Å². The van der Waals surface area contributed by atoms with E-state index in [1.165, 1.54) is 36.4 Å². The van der Waals surface area contributed by atoms with Crippen LogP contribution in [0.4, 0.5) is 4.39 Å². The van der Waals surface area contributed by atoms with E-state index in [9.17, 15) is 19.1 Å². The smallest absolute Gasteiger partial charge is 0.338 e. The summed E-state index contributed by atoms with van der Waals surface area (Å²) in [4.78, 5) is 24.2. The van der Waals surface area contributed by atoms with Crippen molar-refractivity contribution in [2.45, 2.75) is 0 Å². The Labute approximate surface area is 173 Å².